The zero-order chi connectivity index (χ0) is 34.3. The third kappa shape index (κ3) is 5.86. The molecule has 0 N–H and O–H groups in total. The highest BCUT2D eigenvalue weighted by Crippen LogP contribution is 2.44. The molecule has 0 aliphatic rings. The summed E-state index contributed by atoms with van der Waals surface area (Å²) >= 11 is 1.81. The van der Waals surface area contributed by atoms with E-state index >= 15 is 0 Å². The molecule has 7 aromatic carbocycles. The van der Waals surface area contributed by atoms with Crippen LogP contribution in [-0.4, -0.2) is 15.0 Å². The first kappa shape index (κ1) is 30.7. The summed E-state index contributed by atoms with van der Waals surface area (Å²) < 4.78 is 30.1. The second-order valence-electron chi connectivity index (χ2n) is 12.3. The Morgan fingerprint density at radius 1 is 0.333 bits per heavy atom. The van der Waals surface area contributed by atoms with Gasteiger partial charge in [0.25, 0.3) is 0 Å². The van der Waals surface area contributed by atoms with Crippen molar-refractivity contribution in [2.24, 2.45) is 0 Å². The van der Waals surface area contributed by atoms with Crippen LogP contribution in [0.2, 0.25) is 0 Å². The van der Waals surface area contributed by atoms with Crippen LogP contribution in [0.25, 0.3) is 87.7 Å². The average molecular weight is 680 g/mol. The highest BCUT2D eigenvalue weighted by Gasteiger charge is 2.17. The molecule has 9 aromatic rings. The molecule has 0 bridgehead atoms. The van der Waals surface area contributed by atoms with Gasteiger partial charge in [-0.1, -0.05) is 109 Å². The van der Waals surface area contributed by atoms with Crippen molar-refractivity contribution >= 4 is 31.5 Å². The quantitative estimate of drug-likeness (QED) is 0.176. The van der Waals surface area contributed by atoms with Crippen molar-refractivity contribution in [1.29, 1.82) is 0 Å². The summed E-state index contributed by atoms with van der Waals surface area (Å²) in [4.78, 5) is 14.4. The minimum absolute atomic E-state index is 0.344. The average Bonchev–Trinajstić information content (AvgIpc) is 3.58. The van der Waals surface area contributed by atoms with Gasteiger partial charge in [-0.2, -0.15) is 0 Å². The van der Waals surface area contributed by atoms with Gasteiger partial charge in [-0.05, 0) is 88.0 Å². The fourth-order valence-electron chi connectivity index (χ4n) is 6.53. The van der Waals surface area contributed by atoms with Gasteiger partial charge in [0.15, 0.2) is 17.5 Å². The monoisotopic (exact) mass is 679 g/mol. The lowest BCUT2D eigenvalue weighted by atomic mass is 9.98. The standard InChI is InChI=1S/C45H27F2N3S/c46-35-23-19-31(20-24-35)43-48-44(32-21-25-36(47)26-22-32)50-45(49-43)34-10-4-9-33(27-34)38-12-6-14-40-39-13-5-11-37(41(39)51-42(38)40)30-17-15-29(16-18-30)28-7-2-1-3-8-28/h1-27H. The van der Waals surface area contributed by atoms with Crippen molar-refractivity contribution in [2.75, 3.05) is 0 Å². The molecule has 0 spiro atoms. The summed E-state index contributed by atoms with van der Waals surface area (Å²) in [7, 11) is 0. The van der Waals surface area contributed by atoms with Crippen LogP contribution in [0.15, 0.2) is 164 Å². The smallest absolute Gasteiger partial charge is 0.164 e. The van der Waals surface area contributed by atoms with Crippen LogP contribution in [0.3, 0.4) is 0 Å². The maximum absolute atomic E-state index is 13.8. The highest BCUT2D eigenvalue weighted by molar-refractivity contribution is 7.26. The van der Waals surface area contributed by atoms with Crippen molar-refractivity contribution in [2.45, 2.75) is 0 Å². The first-order chi connectivity index (χ1) is 25.1. The normalized spacial score (nSPS) is 11.3. The van der Waals surface area contributed by atoms with E-state index in [1.807, 2.05) is 18.2 Å². The van der Waals surface area contributed by atoms with Crippen LogP contribution >= 0.6 is 11.3 Å². The SMILES string of the molecule is Fc1ccc(-c2nc(-c3ccc(F)cc3)nc(-c3cccc(-c4cccc5c4sc4c(-c6ccc(-c7ccccc7)cc6)cccc45)c3)n2)cc1. The second kappa shape index (κ2) is 12.8. The maximum Gasteiger partial charge on any atom is 0.164 e. The summed E-state index contributed by atoms with van der Waals surface area (Å²) in [6.07, 6.45) is 0. The second-order valence-corrected chi connectivity index (χ2v) is 13.3. The molecule has 0 radical (unpaired) electrons. The van der Waals surface area contributed by atoms with Gasteiger partial charge in [0.05, 0.1) is 0 Å². The molecule has 6 heteroatoms. The molecule has 0 unspecified atom stereocenters. The predicted octanol–water partition coefficient (Wildman–Crippen LogP) is 12.5. The molecule has 2 heterocycles. The molecule has 51 heavy (non-hydrogen) atoms. The van der Waals surface area contributed by atoms with Crippen LogP contribution in [0, 0.1) is 11.6 Å². The topological polar surface area (TPSA) is 38.7 Å². The van der Waals surface area contributed by atoms with Gasteiger partial charge in [0.1, 0.15) is 11.6 Å². The van der Waals surface area contributed by atoms with E-state index in [1.54, 1.807) is 35.6 Å². The van der Waals surface area contributed by atoms with E-state index in [-0.39, 0.29) is 11.6 Å². The van der Waals surface area contributed by atoms with Gasteiger partial charge in [-0.3, -0.25) is 0 Å². The van der Waals surface area contributed by atoms with Gasteiger partial charge >= 0.3 is 0 Å². The molecule has 0 saturated heterocycles. The van der Waals surface area contributed by atoms with Crippen LogP contribution in [-0.2, 0) is 0 Å². The summed E-state index contributed by atoms with van der Waals surface area (Å²) in [5, 5.41) is 2.43. The summed E-state index contributed by atoms with van der Waals surface area (Å²) in [5.41, 5.74) is 9.04. The first-order valence-electron chi connectivity index (χ1n) is 16.6. The number of nitrogens with zero attached hydrogens (tertiary/aromatic N) is 3. The number of hydrogen-bond donors (Lipinski definition) is 0. The minimum Gasteiger partial charge on any atom is -0.208 e. The van der Waals surface area contributed by atoms with E-state index in [4.69, 9.17) is 15.0 Å². The predicted molar refractivity (Wildman–Crippen MR) is 205 cm³/mol. The number of fused-ring (bicyclic) bond motifs is 3. The van der Waals surface area contributed by atoms with E-state index in [1.165, 1.54) is 66.7 Å². The molecule has 0 atom stereocenters. The van der Waals surface area contributed by atoms with Crippen molar-refractivity contribution in [3.05, 3.63) is 175 Å². The minimum atomic E-state index is -0.344. The van der Waals surface area contributed by atoms with E-state index in [0.717, 1.165) is 16.7 Å². The highest BCUT2D eigenvalue weighted by atomic mass is 32.1. The molecule has 0 amide bonds. The molecule has 2 aromatic heterocycles. The van der Waals surface area contributed by atoms with Crippen molar-refractivity contribution in [3.63, 3.8) is 0 Å². The van der Waals surface area contributed by atoms with Gasteiger partial charge in [-0.15, -0.1) is 11.3 Å². The maximum atomic E-state index is 13.8. The lowest BCUT2D eigenvalue weighted by Gasteiger charge is -2.10. The fourth-order valence-corrected chi connectivity index (χ4v) is 7.91. The van der Waals surface area contributed by atoms with Crippen molar-refractivity contribution in [1.82, 2.24) is 15.0 Å². The Kier molecular flexibility index (Phi) is 7.71. The molecular weight excluding hydrogens is 653 g/mol. The van der Waals surface area contributed by atoms with Gasteiger partial charge < -0.3 is 0 Å². The molecule has 0 aliphatic carbocycles. The Balaban J connectivity index is 1.14. The Morgan fingerprint density at radius 3 is 1.31 bits per heavy atom. The Bertz CT molecular complexity index is 2620. The summed E-state index contributed by atoms with van der Waals surface area (Å²) in [5.74, 6) is 0.586. The number of halogens is 2. The Hall–Kier alpha value is -6.37. The third-order valence-electron chi connectivity index (χ3n) is 9.10. The van der Waals surface area contributed by atoms with Crippen LogP contribution in [0.1, 0.15) is 0 Å². The fraction of sp³-hybridized carbons (Fsp3) is 0. The van der Waals surface area contributed by atoms with E-state index in [9.17, 15) is 8.78 Å². The summed E-state index contributed by atoms with van der Waals surface area (Å²) in [6.45, 7) is 0. The summed E-state index contributed by atoms with van der Waals surface area (Å²) in [6, 6.07) is 52.5. The molecular formula is C45H27F2N3S. The Labute approximate surface area is 297 Å². The zero-order valence-electron chi connectivity index (χ0n) is 27.1. The number of rotatable bonds is 6. The number of aromatic nitrogens is 3. The number of thiophene rings is 1. The Morgan fingerprint density at radius 2 is 0.745 bits per heavy atom. The molecule has 0 fully saturated rings. The zero-order valence-corrected chi connectivity index (χ0v) is 27.9. The largest absolute Gasteiger partial charge is 0.208 e. The van der Waals surface area contributed by atoms with E-state index in [2.05, 4.69) is 97.1 Å². The van der Waals surface area contributed by atoms with Crippen LogP contribution < -0.4 is 0 Å². The molecule has 242 valence electrons. The number of hydrogen-bond acceptors (Lipinski definition) is 4. The molecule has 0 aliphatic heterocycles. The molecule has 3 nitrogen and oxygen atoms in total. The van der Waals surface area contributed by atoms with Gasteiger partial charge in [0.2, 0.25) is 0 Å². The van der Waals surface area contributed by atoms with Crippen LogP contribution in [0.5, 0.6) is 0 Å². The van der Waals surface area contributed by atoms with Gasteiger partial charge in [-0.25, -0.2) is 23.7 Å². The van der Waals surface area contributed by atoms with Gasteiger partial charge in [0, 0.05) is 36.9 Å². The lowest BCUT2D eigenvalue weighted by Crippen LogP contribution is -2.00. The van der Waals surface area contributed by atoms with Crippen LogP contribution in [0.4, 0.5) is 8.78 Å². The van der Waals surface area contributed by atoms with E-state index in [0.29, 0.717) is 28.6 Å². The number of benzene rings is 7. The van der Waals surface area contributed by atoms with E-state index < -0.39 is 0 Å². The third-order valence-corrected chi connectivity index (χ3v) is 10.4. The molecule has 0 saturated carbocycles. The molecule has 9 rings (SSSR count). The first-order valence-corrected chi connectivity index (χ1v) is 17.4. The van der Waals surface area contributed by atoms with Crippen molar-refractivity contribution in [3.8, 4) is 67.5 Å². The van der Waals surface area contributed by atoms with Crippen molar-refractivity contribution < 1.29 is 8.78 Å². The lowest BCUT2D eigenvalue weighted by molar-refractivity contribution is 0.627.